The molecule has 4 rings (SSSR count). The molecule has 0 saturated carbocycles. The first kappa shape index (κ1) is 22.9. The molecule has 1 aliphatic heterocycles. The Kier molecular flexibility index (Phi) is 6.72. The van der Waals surface area contributed by atoms with Crippen LogP contribution in [-0.4, -0.2) is 34.0 Å². The highest BCUT2D eigenvalue weighted by atomic mass is 35.5. The lowest BCUT2D eigenvalue weighted by molar-refractivity contribution is -0.116. The first-order chi connectivity index (χ1) is 15.9. The SMILES string of the molecule is CCN1c2ccccc2C(c2ccccc2)=C(C(=O)NCCOc2ccc(Cl)cc2)S1(=O)=O. The summed E-state index contributed by atoms with van der Waals surface area (Å²) in [5.74, 6) is -0.0595. The monoisotopic (exact) mass is 482 g/mol. The van der Waals surface area contributed by atoms with Gasteiger partial charge in [0.2, 0.25) is 0 Å². The molecule has 0 saturated heterocycles. The minimum absolute atomic E-state index is 0.135. The maximum atomic E-state index is 13.6. The molecule has 3 aromatic rings. The van der Waals surface area contributed by atoms with Gasteiger partial charge in [0.05, 0.1) is 12.2 Å². The summed E-state index contributed by atoms with van der Waals surface area (Å²) in [7, 11) is -4.07. The highest BCUT2D eigenvalue weighted by Gasteiger charge is 2.40. The normalized spacial score (nSPS) is 14.5. The number of nitrogens with one attached hydrogen (secondary N) is 1. The molecular formula is C25H23ClN2O4S. The van der Waals surface area contributed by atoms with Crippen LogP contribution in [-0.2, 0) is 14.8 Å². The zero-order valence-electron chi connectivity index (χ0n) is 18.0. The first-order valence-corrected chi connectivity index (χ1v) is 12.3. The number of halogens is 1. The van der Waals surface area contributed by atoms with E-state index in [4.69, 9.17) is 16.3 Å². The highest BCUT2D eigenvalue weighted by Crippen LogP contribution is 2.42. The Morgan fingerprint density at radius 1 is 0.970 bits per heavy atom. The molecule has 0 spiro atoms. The fourth-order valence-electron chi connectivity index (χ4n) is 3.80. The predicted molar refractivity (Wildman–Crippen MR) is 131 cm³/mol. The predicted octanol–water partition coefficient (Wildman–Crippen LogP) is 4.46. The molecular weight excluding hydrogens is 460 g/mol. The fourth-order valence-corrected chi connectivity index (χ4v) is 5.70. The number of benzene rings is 3. The van der Waals surface area contributed by atoms with E-state index >= 15 is 0 Å². The van der Waals surface area contributed by atoms with E-state index in [1.165, 1.54) is 4.31 Å². The van der Waals surface area contributed by atoms with E-state index in [-0.39, 0.29) is 24.6 Å². The van der Waals surface area contributed by atoms with Crippen molar-refractivity contribution in [1.29, 1.82) is 0 Å². The summed E-state index contributed by atoms with van der Waals surface area (Å²) in [6, 6.07) is 23.2. The maximum absolute atomic E-state index is 13.6. The number of para-hydroxylation sites is 1. The molecule has 0 radical (unpaired) electrons. The van der Waals surface area contributed by atoms with Crippen LogP contribution in [0.5, 0.6) is 5.75 Å². The number of hydrogen-bond acceptors (Lipinski definition) is 4. The molecule has 3 aromatic carbocycles. The van der Waals surface area contributed by atoms with E-state index < -0.39 is 15.9 Å². The van der Waals surface area contributed by atoms with Crippen molar-refractivity contribution in [3.63, 3.8) is 0 Å². The van der Waals surface area contributed by atoms with Crippen LogP contribution in [0, 0.1) is 0 Å². The summed E-state index contributed by atoms with van der Waals surface area (Å²) in [4.78, 5) is 13.0. The van der Waals surface area contributed by atoms with Crippen LogP contribution in [0.25, 0.3) is 5.57 Å². The summed E-state index contributed by atoms with van der Waals surface area (Å²) in [5, 5.41) is 3.31. The van der Waals surface area contributed by atoms with Crippen LogP contribution in [0.4, 0.5) is 5.69 Å². The van der Waals surface area contributed by atoms with E-state index in [0.29, 0.717) is 33.2 Å². The second-order valence-corrected chi connectivity index (χ2v) is 9.55. The Bertz CT molecular complexity index is 1290. The first-order valence-electron chi connectivity index (χ1n) is 10.5. The number of nitrogens with zero attached hydrogens (tertiary/aromatic N) is 1. The van der Waals surface area contributed by atoms with E-state index in [2.05, 4.69) is 5.32 Å². The van der Waals surface area contributed by atoms with Crippen LogP contribution in [0.2, 0.25) is 5.02 Å². The second-order valence-electron chi connectivity index (χ2n) is 7.32. The number of ether oxygens (including phenoxy) is 1. The molecule has 0 unspecified atom stereocenters. The molecule has 1 N–H and O–H groups in total. The van der Waals surface area contributed by atoms with Crippen molar-refractivity contribution in [2.45, 2.75) is 6.92 Å². The van der Waals surface area contributed by atoms with Gasteiger partial charge in [-0.2, -0.15) is 0 Å². The number of amides is 1. The summed E-state index contributed by atoms with van der Waals surface area (Å²) >= 11 is 5.87. The van der Waals surface area contributed by atoms with Crippen molar-refractivity contribution >= 4 is 38.8 Å². The minimum atomic E-state index is -4.07. The van der Waals surface area contributed by atoms with E-state index in [1.54, 1.807) is 55.5 Å². The maximum Gasteiger partial charge on any atom is 0.270 e. The van der Waals surface area contributed by atoms with Gasteiger partial charge in [-0.25, -0.2) is 8.42 Å². The van der Waals surface area contributed by atoms with Gasteiger partial charge in [-0.05, 0) is 42.8 Å². The van der Waals surface area contributed by atoms with Gasteiger partial charge in [0.15, 0.2) is 4.91 Å². The van der Waals surface area contributed by atoms with Gasteiger partial charge in [-0.1, -0.05) is 60.1 Å². The lowest BCUT2D eigenvalue weighted by atomic mass is 9.95. The number of anilines is 1. The molecule has 0 atom stereocenters. The minimum Gasteiger partial charge on any atom is -0.492 e. The Morgan fingerprint density at radius 2 is 1.64 bits per heavy atom. The van der Waals surface area contributed by atoms with Crippen molar-refractivity contribution in [1.82, 2.24) is 5.32 Å². The molecule has 1 amide bonds. The topological polar surface area (TPSA) is 75.7 Å². The number of fused-ring (bicyclic) bond motifs is 1. The summed E-state index contributed by atoms with van der Waals surface area (Å²) in [5.41, 5.74) is 2.31. The molecule has 0 fully saturated rings. The molecule has 1 aliphatic rings. The quantitative estimate of drug-likeness (QED) is 0.504. The third kappa shape index (κ3) is 4.60. The standard InChI is InChI=1S/C25H23ClN2O4S/c1-2-28-22-11-7-6-10-21(22)23(18-8-4-3-5-9-18)24(33(28,30)31)25(29)27-16-17-32-20-14-12-19(26)13-15-20/h3-15H,2,16-17H2,1H3,(H,27,29). The summed E-state index contributed by atoms with van der Waals surface area (Å²) in [6.07, 6.45) is 0. The largest absolute Gasteiger partial charge is 0.492 e. The van der Waals surface area contributed by atoms with Crippen molar-refractivity contribution in [3.8, 4) is 5.75 Å². The average Bonchev–Trinajstić information content (AvgIpc) is 2.82. The summed E-state index contributed by atoms with van der Waals surface area (Å²) < 4.78 is 34.0. The number of hydrogen-bond donors (Lipinski definition) is 1. The van der Waals surface area contributed by atoms with Crippen molar-refractivity contribution in [2.24, 2.45) is 0 Å². The molecule has 0 aromatic heterocycles. The average molecular weight is 483 g/mol. The van der Waals surface area contributed by atoms with Gasteiger partial charge in [0, 0.05) is 22.7 Å². The van der Waals surface area contributed by atoms with E-state index in [0.717, 1.165) is 0 Å². The smallest absolute Gasteiger partial charge is 0.270 e. The lowest BCUT2D eigenvalue weighted by Gasteiger charge is -2.32. The molecule has 33 heavy (non-hydrogen) atoms. The Hall–Kier alpha value is -3.29. The van der Waals surface area contributed by atoms with Gasteiger partial charge in [0.25, 0.3) is 15.9 Å². The molecule has 8 heteroatoms. The number of sulfonamides is 1. The van der Waals surface area contributed by atoms with Gasteiger partial charge in [0.1, 0.15) is 12.4 Å². The van der Waals surface area contributed by atoms with Gasteiger partial charge in [-0.15, -0.1) is 0 Å². The van der Waals surface area contributed by atoms with Crippen LogP contribution < -0.4 is 14.4 Å². The van der Waals surface area contributed by atoms with Crippen LogP contribution in [0.3, 0.4) is 0 Å². The second kappa shape index (κ2) is 9.68. The van der Waals surface area contributed by atoms with E-state index in [9.17, 15) is 13.2 Å². The fraction of sp³-hybridized carbons (Fsp3) is 0.160. The number of carbonyl (C=O) groups is 1. The van der Waals surface area contributed by atoms with Gasteiger partial charge < -0.3 is 10.1 Å². The third-order valence-electron chi connectivity index (χ3n) is 5.24. The number of carbonyl (C=O) groups excluding carboxylic acids is 1. The third-order valence-corrected chi connectivity index (χ3v) is 7.44. The van der Waals surface area contributed by atoms with Crippen molar-refractivity contribution in [3.05, 3.63) is 99.9 Å². The zero-order valence-corrected chi connectivity index (χ0v) is 19.6. The molecule has 0 bridgehead atoms. The number of rotatable bonds is 7. The summed E-state index contributed by atoms with van der Waals surface area (Å²) in [6.45, 7) is 2.26. The molecule has 1 heterocycles. The highest BCUT2D eigenvalue weighted by molar-refractivity contribution is 7.97. The van der Waals surface area contributed by atoms with E-state index in [1.807, 2.05) is 30.3 Å². The van der Waals surface area contributed by atoms with Gasteiger partial charge in [-0.3, -0.25) is 9.10 Å². The zero-order chi connectivity index (χ0) is 23.4. The van der Waals surface area contributed by atoms with Crippen molar-refractivity contribution in [2.75, 3.05) is 24.0 Å². The van der Waals surface area contributed by atoms with Crippen molar-refractivity contribution < 1.29 is 17.9 Å². The Balaban J connectivity index is 1.68. The molecule has 170 valence electrons. The van der Waals surface area contributed by atoms with Crippen LogP contribution in [0.15, 0.2) is 83.8 Å². The van der Waals surface area contributed by atoms with Crippen LogP contribution >= 0.6 is 11.6 Å². The molecule has 6 nitrogen and oxygen atoms in total. The lowest BCUT2D eigenvalue weighted by Crippen LogP contribution is -2.42. The van der Waals surface area contributed by atoms with Gasteiger partial charge >= 0.3 is 0 Å². The molecule has 0 aliphatic carbocycles. The Morgan fingerprint density at radius 3 is 2.33 bits per heavy atom. The Labute approximate surface area is 198 Å². The van der Waals surface area contributed by atoms with Crippen LogP contribution in [0.1, 0.15) is 18.1 Å².